The van der Waals surface area contributed by atoms with Crippen LogP contribution in [0.4, 0.5) is 5.82 Å². The monoisotopic (exact) mass is 288 g/mol. The lowest BCUT2D eigenvalue weighted by atomic mass is 10.1. The molecule has 2 aliphatic rings. The van der Waals surface area contributed by atoms with Gasteiger partial charge >= 0.3 is 0 Å². The van der Waals surface area contributed by atoms with Gasteiger partial charge in [0.1, 0.15) is 17.0 Å². The number of nitrogens with zero attached hydrogens (tertiary/aromatic N) is 3. The second-order valence-electron chi connectivity index (χ2n) is 6.03. The molecule has 1 N–H and O–H groups in total. The first-order valence-corrected chi connectivity index (χ1v) is 8.25. The number of anilines is 1. The Bertz CT molecular complexity index is 651. The summed E-state index contributed by atoms with van der Waals surface area (Å²) in [5, 5.41) is 5.01. The van der Waals surface area contributed by atoms with Crippen molar-refractivity contribution >= 4 is 27.4 Å². The predicted octanol–water partition coefficient (Wildman–Crippen LogP) is 2.64. The molecule has 2 fully saturated rings. The molecule has 2 aromatic rings. The molecular weight excluding hydrogens is 268 g/mol. The smallest absolute Gasteiger partial charge is 0.141 e. The average molecular weight is 288 g/mol. The van der Waals surface area contributed by atoms with Crippen molar-refractivity contribution in [1.82, 2.24) is 15.3 Å². The summed E-state index contributed by atoms with van der Waals surface area (Å²) in [7, 11) is 0. The molecule has 0 radical (unpaired) electrons. The van der Waals surface area contributed by atoms with Gasteiger partial charge in [-0.1, -0.05) is 0 Å². The first-order valence-electron chi connectivity index (χ1n) is 7.44. The van der Waals surface area contributed by atoms with Gasteiger partial charge in [0.25, 0.3) is 0 Å². The Kier molecular flexibility index (Phi) is 2.93. The number of aromatic nitrogens is 2. The van der Waals surface area contributed by atoms with Crippen LogP contribution < -0.4 is 10.2 Å². The molecule has 4 nitrogen and oxygen atoms in total. The van der Waals surface area contributed by atoms with Gasteiger partial charge in [0.2, 0.25) is 0 Å². The summed E-state index contributed by atoms with van der Waals surface area (Å²) in [5.74, 6) is 1.14. The molecule has 4 rings (SSSR count). The number of hydrogen-bond acceptors (Lipinski definition) is 5. The van der Waals surface area contributed by atoms with Crippen LogP contribution in [-0.2, 0) is 0 Å². The summed E-state index contributed by atoms with van der Waals surface area (Å²) >= 11 is 1.78. The molecule has 0 aliphatic carbocycles. The first-order chi connectivity index (χ1) is 9.72. The van der Waals surface area contributed by atoms with E-state index < -0.39 is 0 Å². The molecule has 2 unspecified atom stereocenters. The third-order valence-corrected chi connectivity index (χ3v) is 5.88. The number of nitrogens with one attached hydrogen (secondary N) is 1. The zero-order valence-electron chi connectivity index (χ0n) is 12.0. The molecule has 2 atom stereocenters. The minimum absolute atomic E-state index is 0.632. The summed E-state index contributed by atoms with van der Waals surface area (Å²) in [6.45, 7) is 6.56. The highest BCUT2D eigenvalue weighted by Gasteiger charge is 2.30. The van der Waals surface area contributed by atoms with E-state index in [2.05, 4.69) is 34.0 Å². The normalized spacial score (nSPS) is 26.2. The third-order valence-electron chi connectivity index (χ3n) is 4.77. The third kappa shape index (κ3) is 1.91. The highest BCUT2D eigenvalue weighted by Crippen LogP contribution is 2.35. The van der Waals surface area contributed by atoms with E-state index in [4.69, 9.17) is 0 Å². The topological polar surface area (TPSA) is 41.1 Å². The van der Waals surface area contributed by atoms with Crippen molar-refractivity contribution in [1.29, 1.82) is 0 Å². The van der Waals surface area contributed by atoms with Crippen molar-refractivity contribution in [2.24, 2.45) is 0 Å². The van der Waals surface area contributed by atoms with Crippen LogP contribution in [0.15, 0.2) is 6.33 Å². The highest BCUT2D eigenvalue weighted by atomic mass is 32.1. The number of aryl methyl sites for hydroxylation is 2. The van der Waals surface area contributed by atoms with Gasteiger partial charge in [-0.05, 0) is 38.7 Å². The zero-order valence-corrected chi connectivity index (χ0v) is 12.8. The maximum atomic E-state index is 4.62. The van der Waals surface area contributed by atoms with Gasteiger partial charge in [0.15, 0.2) is 0 Å². The van der Waals surface area contributed by atoms with E-state index >= 15 is 0 Å². The van der Waals surface area contributed by atoms with Crippen LogP contribution in [0.25, 0.3) is 10.2 Å². The van der Waals surface area contributed by atoms with Crippen molar-refractivity contribution in [3.63, 3.8) is 0 Å². The molecule has 0 saturated carbocycles. The first kappa shape index (κ1) is 12.5. The minimum atomic E-state index is 0.632. The van der Waals surface area contributed by atoms with E-state index in [0.29, 0.717) is 12.1 Å². The van der Waals surface area contributed by atoms with Crippen LogP contribution in [0, 0.1) is 13.8 Å². The largest absolute Gasteiger partial charge is 0.354 e. The van der Waals surface area contributed by atoms with Crippen LogP contribution in [0.5, 0.6) is 0 Å². The Morgan fingerprint density at radius 3 is 2.95 bits per heavy atom. The minimum Gasteiger partial charge on any atom is -0.354 e. The van der Waals surface area contributed by atoms with Crippen molar-refractivity contribution in [3.05, 3.63) is 16.8 Å². The molecule has 2 aliphatic heterocycles. The molecule has 0 amide bonds. The Morgan fingerprint density at radius 2 is 2.05 bits per heavy atom. The van der Waals surface area contributed by atoms with Gasteiger partial charge in [0, 0.05) is 30.1 Å². The molecule has 0 spiro atoms. The Labute approximate surface area is 123 Å². The summed E-state index contributed by atoms with van der Waals surface area (Å²) in [6, 6.07) is 1.35. The number of hydrogen-bond donors (Lipinski definition) is 1. The van der Waals surface area contributed by atoms with Crippen LogP contribution in [0.3, 0.4) is 0 Å². The Hall–Kier alpha value is -1.20. The fraction of sp³-hybridized carbons (Fsp3) is 0.600. The lowest BCUT2D eigenvalue weighted by Crippen LogP contribution is -2.35. The molecule has 20 heavy (non-hydrogen) atoms. The Balaban J connectivity index is 1.78. The molecule has 2 aromatic heterocycles. The maximum absolute atomic E-state index is 4.62. The van der Waals surface area contributed by atoms with Crippen molar-refractivity contribution < 1.29 is 0 Å². The lowest BCUT2D eigenvalue weighted by molar-refractivity contribution is 0.563. The van der Waals surface area contributed by atoms with E-state index in [1.165, 1.54) is 35.1 Å². The van der Waals surface area contributed by atoms with Gasteiger partial charge in [-0.2, -0.15) is 0 Å². The highest BCUT2D eigenvalue weighted by molar-refractivity contribution is 7.18. The molecule has 106 valence electrons. The number of fused-ring (bicyclic) bond motifs is 3. The Morgan fingerprint density at radius 1 is 1.20 bits per heavy atom. The number of thiophene rings is 1. The van der Waals surface area contributed by atoms with Gasteiger partial charge in [0.05, 0.1) is 5.39 Å². The van der Waals surface area contributed by atoms with Crippen molar-refractivity contribution in [2.45, 2.75) is 45.2 Å². The molecule has 2 bridgehead atoms. The lowest BCUT2D eigenvalue weighted by Gasteiger charge is -2.26. The molecule has 2 saturated heterocycles. The van der Waals surface area contributed by atoms with Crippen molar-refractivity contribution in [2.75, 3.05) is 18.0 Å². The summed E-state index contributed by atoms with van der Waals surface area (Å²) in [4.78, 5) is 14.0. The fourth-order valence-corrected chi connectivity index (χ4v) is 4.53. The van der Waals surface area contributed by atoms with Crippen LogP contribution >= 0.6 is 11.3 Å². The van der Waals surface area contributed by atoms with Crippen molar-refractivity contribution in [3.8, 4) is 0 Å². The summed E-state index contributed by atoms with van der Waals surface area (Å²) in [5.41, 5.74) is 1.35. The quantitative estimate of drug-likeness (QED) is 0.876. The van der Waals surface area contributed by atoms with E-state index in [0.717, 1.165) is 23.7 Å². The average Bonchev–Trinajstić information content (AvgIpc) is 2.91. The van der Waals surface area contributed by atoms with Gasteiger partial charge < -0.3 is 10.2 Å². The maximum Gasteiger partial charge on any atom is 0.141 e. The van der Waals surface area contributed by atoms with E-state index in [1.54, 1.807) is 17.7 Å². The van der Waals surface area contributed by atoms with E-state index in [-0.39, 0.29) is 0 Å². The summed E-state index contributed by atoms with van der Waals surface area (Å²) < 4.78 is 0. The second kappa shape index (κ2) is 4.67. The standard InChI is InChI=1S/C15H20N4S/c1-9-10(2)20-15-13(9)14(16-8-17-15)19-6-5-11-3-4-12(7-19)18-11/h8,11-12,18H,3-7H2,1-2H3. The van der Waals surface area contributed by atoms with Gasteiger partial charge in [-0.15, -0.1) is 11.3 Å². The van der Waals surface area contributed by atoms with Gasteiger partial charge in [-0.3, -0.25) is 0 Å². The van der Waals surface area contributed by atoms with E-state index in [1.807, 2.05) is 0 Å². The van der Waals surface area contributed by atoms with Gasteiger partial charge in [-0.25, -0.2) is 9.97 Å². The SMILES string of the molecule is Cc1sc2ncnc(N3CCC4CCC(C3)N4)c2c1C. The van der Waals surface area contributed by atoms with Crippen LogP contribution in [-0.4, -0.2) is 35.1 Å². The second-order valence-corrected chi connectivity index (χ2v) is 7.24. The molecule has 0 aromatic carbocycles. The predicted molar refractivity (Wildman–Crippen MR) is 83.7 cm³/mol. The van der Waals surface area contributed by atoms with E-state index in [9.17, 15) is 0 Å². The van der Waals surface area contributed by atoms with Crippen LogP contribution in [0.2, 0.25) is 0 Å². The molecule has 5 heteroatoms. The molecule has 4 heterocycles. The summed E-state index contributed by atoms with van der Waals surface area (Å²) in [6.07, 6.45) is 5.60. The molecular formula is C15H20N4S. The fourth-order valence-electron chi connectivity index (χ4n) is 3.54. The zero-order chi connectivity index (χ0) is 13.7. The number of rotatable bonds is 1. The van der Waals surface area contributed by atoms with Crippen LogP contribution in [0.1, 0.15) is 29.7 Å².